The molecular formula is C20H23N3O2. The number of nitrogens with zero attached hydrogens (tertiary/aromatic N) is 2. The number of ether oxygens (including phenoxy) is 2. The van der Waals surface area contributed by atoms with Crippen LogP contribution >= 0.6 is 0 Å². The van der Waals surface area contributed by atoms with Crippen LogP contribution in [0.1, 0.15) is 17.5 Å². The number of hydrogen-bond donors (Lipinski definition) is 1. The number of guanidine groups is 1. The van der Waals surface area contributed by atoms with Crippen LogP contribution in [0.5, 0.6) is 11.5 Å². The zero-order chi connectivity index (χ0) is 17.1. The lowest BCUT2D eigenvalue weighted by molar-refractivity contribution is 0.297. The first-order valence-corrected chi connectivity index (χ1v) is 8.80. The molecule has 25 heavy (non-hydrogen) atoms. The monoisotopic (exact) mass is 337 g/mol. The highest BCUT2D eigenvalue weighted by Gasteiger charge is 2.22. The molecule has 0 bridgehead atoms. The Kier molecular flexibility index (Phi) is 4.46. The maximum absolute atomic E-state index is 5.78. The van der Waals surface area contributed by atoms with Crippen LogP contribution in [0.25, 0.3) is 0 Å². The van der Waals surface area contributed by atoms with E-state index in [1.54, 1.807) is 0 Å². The molecule has 0 spiro atoms. The van der Waals surface area contributed by atoms with Crippen molar-refractivity contribution in [3.63, 3.8) is 0 Å². The van der Waals surface area contributed by atoms with E-state index < -0.39 is 0 Å². The number of hydrogen-bond acceptors (Lipinski definition) is 3. The van der Waals surface area contributed by atoms with E-state index >= 15 is 0 Å². The number of benzene rings is 2. The minimum absolute atomic E-state index is 0.696. The lowest BCUT2D eigenvalue weighted by Crippen LogP contribution is -2.40. The Hall–Kier alpha value is -2.69. The molecule has 0 saturated heterocycles. The van der Waals surface area contributed by atoms with E-state index in [0.29, 0.717) is 19.8 Å². The summed E-state index contributed by atoms with van der Waals surface area (Å²) in [5, 5.41) is 3.47. The Morgan fingerprint density at radius 3 is 2.84 bits per heavy atom. The van der Waals surface area contributed by atoms with Crippen LogP contribution in [-0.4, -0.2) is 32.8 Å². The van der Waals surface area contributed by atoms with Crippen LogP contribution in [0.15, 0.2) is 47.5 Å². The molecule has 2 aromatic rings. The zero-order valence-corrected chi connectivity index (χ0v) is 14.5. The molecule has 0 amide bonds. The minimum Gasteiger partial charge on any atom is -0.490 e. The third-order valence-electron chi connectivity index (χ3n) is 4.62. The number of para-hydroxylation sites is 1. The molecule has 0 fully saturated rings. The molecule has 1 N–H and O–H groups in total. The highest BCUT2D eigenvalue weighted by molar-refractivity contribution is 5.97. The van der Waals surface area contributed by atoms with Gasteiger partial charge in [-0.05, 0) is 35.7 Å². The quantitative estimate of drug-likeness (QED) is 0.676. The lowest BCUT2D eigenvalue weighted by atomic mass is 10.2. The molecule has 0 atom stereocenters. The third-order valence-corrected chi connectivity index (χ3v) is 4.62. The summed E-state index contributed by atoms with van der Waals surface area (Å²) >= 11 is 0. The van der Waals surface area contributed by atoms with Crippen molar-refractivity contribution in [2.75, 3.05) is 31.7 Å². The fourth-order valence-corrected chi connectivity index (χ4v) is 3.35. The molecule has 5 nitrogen and oxygen atoms in total. The summed E-state index contributed by atoms with van der Waals surface area (Å²) in [4.78, 5) is 6.71. The van der Waals surface area contributed by atoms with E-state index in [0.717, 1.165) is 42.4 Å². The van der Waals surface area contributed by atoms with Crippen LogP contribution < -0.4 is 19.7 Å². The predicted molar refractivity (Wildman–Crippen MR) is 99.7 cm³/mol. The van der Waals surface area contributed by atoms with Crippen LogP contribution in [-0.2, 0) is 13.0 Å². The maximum atomic E-state index is 5.78. The largest absolute Gasteiger partial charge is 0.490 e. The van der Waals surface area contributed by atoms with Gasteiger partial charge >= 0.3 is 0 Å². The van der Waals surface area contributed by atoms with Crippen molar-refractivity contribution >= 4 is 11.6 Å². The van der Waals surface area contributed by atoms with E-state index in [1.165, 1.54) is 11.3 Å². The van der Waals surface area contributed by atoms with Crippen molar-refractivity contribution in [2.24, 2.45) is 4.99 Å². The average molecular weight is 337 g/mol. The van der Waals surface area contributed by atoms with Gasteiger partial charge in [-0.1, -0.05) is 24.3 Å². The molecule has 0 radical (unpaired) electrons. The molecule has 2 aliphatic heterocycles. The molecule has 2 aromatic carbocycles. The Bertz CT molecular complexity index is 788. The highest BCUT2D eigenvalue weighted by atomic mass is 16.5. The van der Waals surface area contributed by atoms with Gasteiger partial charge in [-0.25, -0.2) is 0 Å². The molecule has 2 heterocycles. The van der Waals surface area contributed by atoms with Crippen molar-refractivity contribution in [3.8, 4) is 11.5 Å². The molecular weight excluding hydrogens is 314 g/mol. The van der Waals surface area contributed by atoms with E-state index in [2.05, 4.69) is 51.6 Å². The molecule has 2 aliphatic rings. The standard InChI is InChI=1S/C20H23N3O2/c1-21-20(23-10-9-16-5-2-3-6-17(16)23)22-14-15-7-8-18-19(13-15)25-12-4-11-24-18/h2-3,5-8,13H,4,9-12,14H2,1H3,(H,21,22). The number of aliphatic imine (C=N–C) groups is 1. The number of anilines is 1. The minimum atomic E-state index is 0.696. The summed E-state index contributed by atoms with van der Waals surface area (Å²) in [6, 6.07) is 14.6. The zero-order valence-electron chi connectivity index (χ0n) is 14.5. The molecule has 130 valence electrons. The molecule has 0 saturated carbocycles. The smallest absolute Gasteiger partial charge is 0.198 e. The summed E-state index contributed by atoms with van der Waals surface area (Å²) in [5.74, 6) is 2.56. The normalized spacial score (nSPS) is 16.4. The summed E-state index contributed by atoms with van der Waals surface area (Å²) in [6.45, 7) is 3.07. The van der Waals surface area contributed by atoms with Crippen molar-refractivity contribution in [1.82, 2.24) is 5.32 Å². The van der Waals surface area contributed by atoms with E-state index in [1.807, 2.05) is 13.1 Å². The van der Waals surface area contributed by atoms with Crippen molar-refractivity contribution in [2.45, 2.75) is 19.4 Å². The second-order valence-electron chi connectivity index (χ2n) is 6.26. The first-order valence-electron chi connectivity index (χ1n) is 8.80. The van der Waals surface area contributed by atoms with Gasteiger partial charge in [-0.3, -0.25) is 4.99 Å². The summed E-state index contributed by atoms with van der Waals surface area (Å²) in [5.41, 5.74) is 3.77. The van der Waals surface area contributed by atoms with Gasteiger partial charge in [0.25, 0.3) is 0 Å². The highest BCUT2D eigenvalue weighted by Crippen LogP contribution is 2.31. The van der Waals surface area contributed by atoms with Crippen LogP contribution in [0, 0.1) is 0 Å². The third kappa shape index (κ3) is 3.27. The predicted octanol–water partition coefficient (Wildman–Crippen LogP) is 2.99. The van der Waals surface area contributed by atoms with E-state index in [-0.39, 0.29) is 0 Å². The summed E-state index contributed by atoms with van der Waals surface area (Å²) < 4.78 is 11.5. The Balaban J connectivity index is 1.46. The van der Waals surface area contributed by atoms with Crippen LogP contribution in [0.4, 0.5) is 5.69 Å². The van der Waals surface area contributed by atoms with Crippen molar-refractivity contribution in [3.05, 3.63) is 53.6 Å². The number of rotatable bonds is 2. The van der Waals surface area contributed by atoms with Crippen LogP contribution in [0.3, 0.4) is 0 Å². The maximum Gasteiger partial charge on any atom is 0.198 e. The first kappa shape index (κ1) is 15.8. The Labute approximate surface area is 148 Å². The van der Waals surface area contributed by atoms with E-state index in [9.17, 15) is 0 Å². The number of nitrogens with one attached hydrogen (secondary N) is 1. The average Bonchev–Trinajstić information content (AvgIpc) is 2.93. The molecule has 0 unspecified atom stereocenters. The Morgan fingerprint density at radius 1 is 1.12 bits per heavy atom. The molecule has 0 aromatic heterocycles. The van der Waals surface area contributed by atoms with Gasteiger partial charge in [0.1, 0.15) is 0 Å². The Morgan fingerprint density at radius 2 is 1.96 bits per heavy atom. The van der Waals surface area contributed by atoms with Gasteiger partial charge in [-0.2, -0.15) is 0 Å². The van der Waals surface area contributed by atoms with Gasteiger partial charge in [0.2, 0.25) is 0 Å². The topological polar surface area (TPSA) is 46.1 Å². The van der Waals surface area contributed by atoms with Crippen molar-refractivity contribution in [1.29, 1.82) is 0 Å². The lowest BCUT2D eigenvalue weighted by Gasteiger charge is -2.22. The van der Waals surface area contributed by atoms with Gasteiger partial charge in [0.05, 0.1) is 13.2 Å². The fraction of sp³-hybridized carbons (Fsp3) is 0.350. The van der Waals surface area contributed by atoms with Gasteiger partial charge in [0.15, 0.2) is 17.5 Å². The van der Waals surface area contributed by atoms with Gasteiger partial charge < -0.3 is 19.7 Å². The first-order chi connectivity index (χ1) is 12.3. The second-order valence-corrected chi connectivity index (χ2v) is 6.26. The fourth-order valence-electron chi connectivity index (χ4n) is 3.35. The van der Waals surface area contributed by atoms with Crippen LogP contribution in [0.2, 0.25) is 0 Å². The second kappa shape index (κ2) is 7.05. The summed E-state index contributed by atoms with van der Waals surface area (Å²) in [6.07, 6.45) is 1.98. The molecule has 5 heteroatoms. The molecule has 4 rings (SSSR count). The van der Waals surface area contributed by atoms with Crippen molar-refractivity contribution < 1.29 is 9.47 Å². The van der Waals surface area contributed by atoms with E-state index in [4.69, 9.17) is 9.47 Å². The number of fused-ring (bicyclic) bond motifs is 2. The van der Waals surface area contributed by atoms with Gasteiger partial charge in [-0.15, -0.1) is 0 Å². The molecule has 0 aliphatic carbocycles. The summed E-state index contributed by atoms with van der Waals surface area (Å²) in [7, 11) is 1.83. The SMILES string of the molecule is CN=C(NCc1ccc2c(c1)OCCCO2)N1CCc2ccccc21. The van der Waals surface area contributed by atoms with Gasteiger partial charge in [0, 0.05) is 32.2 Å².